The number of hydrogen-bond donors (Lipinski definition) is 1. The first kappa shape index (κ1) is 19.9. The number of carbonyl (C=O) groups excluding carboxylic acids is 3. The van der Waals surface area contributed by atoms with Crippen LogP contribution in [0.4, 0.5) is 16.2 Å². The molecule has 0 aromatic heterocycles. The largest absolute Gasteiger partial charge is 0.371 e. The normalized spacial score (nSPS) is 17.5. The van der Waals surface area contributed by atoms with Crippen molar-refractivity contribution in [3.05, 3.63) is 64.7 Å². The van der Waals surface area contributed by atoms with Crippen LogP contribution in [-0.2, 0) is 16.0 Å². The second kappa shape index (κ2) is 8.14. The van der Waals surface area contributed by atoms with Crippen LogP contribution in [0.1, 0.15) is 36.5 Å². The Morgan fingerprint density at radius 1 is 1.07 bits per heavy atom. The number of aryl methyl sites for hydroxylation is 1. The zero-order valence-corrected chi connectivity index (χ0v) is 17.3. The minimum atomic E-state index is -0.725. The average Bonchev–Trinajstić information content (AvgIpc) is 3.13. The van der Waals surface area contributed by atoms with Gasteiger partial charge in [-0.3, -0.25) is 14.9 Å². The van der Waals surface area contributed by atoms with Gasteiger partial charge in [-0.25, -0.2) is 9.69 Å². The molecule has 1 N–H and O–H groups in total. The van der Waals surface area contributed by atoms with Gasteiger partial charge in [0.05, 0.1) is 5.69 Å². The average molecular weight is 403 g/mol. The topological polar surface area (TPSA) is 69.7 Å². The minimum absolute atomic E-state index is 0.0429. The van der Waals surface area contributed by atoms with Crippen LogP contribution in [0.5, 0.6) is 0 Å². The number of benzene rings is 2. The molecular weight excluding hydrogens is 378 g/mol. The monoisotopic (exact) mass is 403 g/mol. The minimum Gasteiger partial charge on any atom is -0.371 e. The molecule has 1 fully saturated rings. The van der Waals surface area contributed by atoms with E-state index in [2.05, 4.69) is 23.2 Å². The van der Waals surface area contributed by atoms with Crippen molar-refractivity contribution in [1.29, 1.82) is 0 Å². The lowest BCUT2D eigenvalue weighted by Gasteiger charge is -2.27. The van der Waals surface area contributed by atoms with Crippen molar-refractivity contribution in [2.45, 2.75) is 33.1 Å². The SMILES string of the molecule is CCCCN1CCc2cc(/C=C3/C(=O)NC(=O)N(c4ccccc4C)C3=O)ccc21. The summed E-state index contributed by atoms with van der Waals surface area (Å²) < 4.78 is 0. The molecule has 154 valence electrons. The van der Waals surface area contributed by atoms with Gasteiger partial charge in [0.15, 0.2) is 0 Å². The lowest BCUT2D eigenvalue weighted by molar-refractivity contribution is -0.122. The van der Waals surface area contributed by atoms with Gasteiger partial charge >= 0.3 is 6.03 Å². The van der Waals surface area contributed by atoms with Gasteiger partial charge in [-0.15, -0.1) is 0 Å². The molecule has 6 heteroatoms. The zero-order valence-electron chi connectivity index (χ0n) is 17.3. The van der Waals surface area contributed by atoms with Crippen LogP contribution in [0.3, 0.4) is 0 Å². The second-order valence-electron chi connectivity index (χ2n) is 7.72. The van der Waals surface area contributed by atoms with Crippen molar-refractivity contribution >= 4 is 35.3 Å². The third-order valence-corrected chi connectivity index (χ3v) is 5.65. The van der Waals surface area contributed by atoms with E-state index in [1.54, 1.807) is 18.2 Å². The summed E-state index contributed by atoms with van der Waals surface area (Å²) in [6.07, 6.45) is 4.83. The van der Waals surface area contributed by atoms with Gasteiger partial charge in [0.25, 0.3) is 11.8 Å². The lowest BCUT2D eigenvalue weighted by Crippen LogP contribution is -2.54. The Morgan fingerprint density at radius 3 is 2.63 bits per heavy atom. The van der Waals surface area contributed by atoms with E-state index in [-0.39, 0.29) is 5.57 Å². The van der Waals surface area contributed by atoms with Crippen molar-refractivity contribution in [2.24, 2.45) is 0 Å². The highest BCUT2D eigenvalue weighted by molar-refractivity contribution is 6.39. The number of barbiturate groups is 1. The molecular formula is C24H25N3O3. The van der Waals surface area contributed by atoms with Gasteiger partial charge in [-0.2, -0.15) is 0 Å². The first-order valence-corrected chi connectivity index (χ1v) is 10.3. The van der Waals surface area contributed by atoms with Crippen molar-refractivity contribution in [2.75, 3.05) is 22.9 Å². The van der Waals surface area contributed by atoms with Crippen molar-refractivity contribution in [3.8, 4) is 0 Å². The lowest BCUT2D eigenvalue weighted by atomic mass is 10.0. The molecule has 2 aliphatic heterocycles. The fourth-order valence-corrected chi connectivity index (χ4v) is 4.02. The van der Waals surface area contributed by atoms with Crippen LogP contribution in [0, 0.1) is 6.92 Å². The third-order valence-electron chi connectivity index (χ3n) is 5.65. The van der Waals surface area contributed by atoms with Crippen LogP contribution in [0.15, 0.2) is 48.0 Å². The molecule has 0 aliphatic carbocycles. The number of hydrogen-bond acceptors (Lipinski definition) is 4. The molecule has 4 rings (SSSR count). The highest BCUT2D eigenvalue weighted by Crippen LogP contribution is 2.30. The summed E-state index contributed by atoms with van der Waals surface area (Å²) in [6.45, 7) is 6.03. The van der Waals surface area contributed by atoms with Crippen LogP contribution in [0.25, 0.3) is 6.08 Å². The van der Waals surface area contributed by atoms with Gasteiger partial charge in [0, 0.05) is 18.8 Å². The zero-order chi connectivity index (χ0) is 21.3. The summed E-state index contributed by atoms with van der Waals surface area (Å²) in [6, 6.07) is 12.4. The summed E-state index contributed by atoms with van der Waals surface area (Å²) in [5.41, 5.74) is 4.43. The maximum absolute atomic E-state index is 13.1. The number of fused-ring (bicyclic) bond motifs is 1. The Hall–Kier alpha value is -3.41. The molecule has 0 radical (unpaired) electrons. The fourth-order valence-electron chi connectivity index (χ4n) is 4.02. The summed E-state index contributed by atoms with van der Waals surface area (Å²) in [5, 5.41) is 2.29. The molecule has 2 aliphatic rings. The number of para-hydroxylation sites is 1. The van der Waals surface area contributed by atoms with Gasteiger partial charge in [-0.05, 0) is 60.7 Å². The molecule has 4 amide bonds. The standard InChI is InChI=1S/C24H25N3O3/c1-3-4-12-26-13-11-18-14-17(9-10-21(18)26)15-19-22(28)25-24(30)27(23(19)29)20-8-6-5-7-16(20)2/h5-10,14-15H,3-4,11-13H2,1-2H3,(H,25,28,30)/b19-15-. The van der Waals surface area contributed by atoms with Gasteiger partial charge in [0.1, 0.15) is 5.57 Å². The van der Waals surface area contributed by atoms with Gasteiger partial charge in [-0.1, -0.05) is 37.6 Å². The van der Waals surface area contributed by atoms with E-state index in [4.69, 9.17) is 0 Å². The van der Waals surface area contributed by atoms with Crippen molar-refractivity contribution < 1.29 is 14.4 Å². The Kier molecular flexibility index (Phi) is 5.40. The van der Waals surface area contributed by atoms with E-state index < -0.39 is 17.8 Å². The Balaban J connectivity index is 1.65. The molecule has 1 saturated heterocycles. The number of anilines is 2. The Morgan fingerprint density at radius 2 is 1.87 bits per heavy atom. The molecule has 0 saturated carbocycles. The summed E-state index contributed by atoms with van der Waals surface area (Å²) in [7, 11) is 0. The van der Waals surface area contributed by atoms with Crippen molar-refractivity contribution in [1.82, 2.24) is 5.32 Å². The Labute approximate surface area is 176 Å². The highest BCUT2D eigenvalue weighted by Gasteiger charge is 2.37. The molecule has 0 atom stereocenters. The Bertz CT molecular complexity index is 1060. The van der Waals surface area contributed by atoms with Gasteiger partial charge < -0.3 is 4.90 Å². The first-order valence-electron chi connectivity index (χ1n) is 10.3. The number of unbranched alkanes of at least 4 members (excludes halogenated alkanes) is 1. The number of urea groups is 1. The molecule has 0 bridgehead atoms. The smallest absolute Gasteiger partial charge is 0.335 e. The number of carbonyl (C=O) groups is 3. The van der Waals surface area contributed by atoms with Crippen molar-refractivity contribution in [3.63, 3.8) is 0 Å². The third kappa shape index (κ3) is 3.61. The van der Waals surface area contributed by atoms with E-state index >= 15 is 0 Å². The summed E-state index contributed by atoms with van der Waals surface area (Å²) in [4.78, 5) is 41.3. The highest BCUT2D eigenvalue weighted by atomic mass is 16.2. The fraction of sp³-hybridized carbons (Fsp3) is 0.292. The second-order valence-corrected chi connectivity index (χ2v) is 7.72. The number of nitrogens with zero attached hydrogens (tertiary/aromatic N) is 2. The number of amides is 4. The summed E-state index contributed by atoms with van der Waals surface area (Å²) in [5.74, 6) is -1.27. The molecule has 0 spiro atoms. The van der Waals surface area contributed by atoms with E-state index in [0.29, 0.717) is 5.69 Å². The first-order chi connectivity index (χ1) is 14.5. The molecule has 2 heterocycles. The van der Waals surface area contributed by atoms with E-state index in [0.717, 1.165) is 48.4 Å². The van der Waals surface area contributed by atoms with Crippen LogP contribution in [-0.4, -0.2) is 30.9 Å². The van der Waals surface area contributed by atoms with E-state index in [1.807, 2.05) is 31.2 Å². The van der Waals surface area contributed by atoms with E-state index in [1.165, 1.54) is 11.3 Å². The maximum atomic E-state index is 13.1. The predicted octanol–water partition coefficient (Wildman–Crippen LogP) is 3.82. The predicted molar refractivity (Wildman–Crippen MR) is 117 cm³/mol. The van der Waals surface area contributed by atoms with Crippen LogP contribution >= 0.6 is 0 Å². The molecule has 30 heavy (non-hydrogen) atoms. The number of imide groups is 2. The van der Waals surface area contributed by atoms with E-state index in [9.17, 15) is 14.4 Å². The molecule has 2 aromatic rings. The number of rotatable bonds is 5. The summed E-state index contributed by atoms with van der Waals surface area (Å²) >= 11 is 0. The van der Waals surface area contributed by atoms with Gasteiger partial charge in [0.2, 0.25) is 0 Å². The number of nitrogens with one attached hydrogen (secondary N) is 1. The maximum Gasteiger partial charge on any atom is 0.335 e. The quantitative estimate of drug-likeness (QED) is 0.609. The molecule has 0 unspecified atom stereocenters. The molecule has 6 nitrogen and oxygen atoms in total. The molecule has 2 aromatic carbocycles. The van der Waals surface area contributed by atoms with Crippen LogP contribution in [0.2, 0.25) is 0 Å². The van der Waals surface area contributed by atoms with Crippen LogP contribution < -0.4 is 15.1 Å².